The van der Waals surface area contributed by atoms with Gasteiger partial charge in [0.15, 0.2) is 0 Å². The van der Waals surface area contributed by atoms with Crippen LogP contribution < -0.4 is 11.1 Å². The van der Waals surface area contributed by atoms with Gasteiger partial charge < -0.3 is 11.1 Å². The molecule has 17 heavy (non-hydrogen) atoms. The number of amides is 1. The van der Waals surface area contributed by atoms with Crippen LogP contribution in [0.5, 0.6) is 0 Å². The van der Waals surface area contributed by atoms with Crippen LogP contribution in [0.25, 0.3) is 10.9 Å². The zero-order valence-corrected chi connectivity index (χ0v) is 9.39. The summed E-state index contributed by atoms with van der Waals surface area (Å²) in [5.74, 6) is -0.0354. The van der Waals surface area contributed by atoms with Gasteiger partial charge >= 0.3 is 0 Å². The number of hydrogen-bond acceptors (Lipinski definition) is 4. The van der Waals surface area contributed by atoms with E-state index < -0.39 is 0 Å². The van der Waals surface area contributed by atoms with E-state index in [1.165, 1.54) is 0 Å². The number of carbonyl (C=O) groups excluding carboxylic acids is 1. The van der Waals surface area contributed by atoms with Gasteiger partial charge in [-0.1, -0.05) is 0 Å². The first-order valence-corrected chi connectivity index (χ1v) is 5.50. The molecule has 0 bridgehead atoms. The Morgan fingerprint density at radius 3 is 3.06 bits per heavy atom. The summed E-state index contributed by atoms with van der Waals surface area (Å²) < 4.78 is 0. The molecule has 1 amide bonds. The fourth-order valence-corrected chi connectivity index (χ4v) is 1.57. The van der Waals surface area contributed by atoms with Crippen molar-refractivity contribution in [2.24, 2.45) is 5.73 Å². The van der Waals surface area contributed by atoms with Crippen molar-refractivity contribution in [1.29, 1.82) is 0 Å². The Morgan fingerprint density at radius 2 is 2.24 bits per heavy atom. The first-order valence-electron chi connectivity index (χ1n) is 5.50. The number of nitrogens with two attached hydrogens (primary N) is 1. The highest BCUT2D eigenvalue weighted by atomic mass is 16.1. The second-order valence-electron chi connectivity index (χ2n) is 3.69. The molecule has 0 fully saturated rings. The molecule has 0 aliphatic rings. The average molecular weight is 230 g/mol. The molecule has 0 atom stereocenters. The molecule has 2 aromatic rings. The molecule has 0 saturated heterocycles. The maximum Gasteiger partial charge on any atom is 0.224 e. The Hall–Kier alpha value is -2.01. The SMILES string of the molecule is NCCCC(=O)Nc1ccnc2ccncc12. The summed E-state index contributed by atoms with van der Waals surface area (Å²) in [6.45, 7) is 0.520. The summed E-state index contributed by atoms with van der Waals surface area (Å²) in [6.07, 6.45) is 6.16. The molecule has 0 spiro atoms. The van der Waals surface area contributed by atoms with Gasteiger partial charge in [0.2, 0.25) is 5.91 Å². The van der Waals surface area contributed by atoms with Crippen LogP contribution >= 0.6 is 0 Å². The highest BCUT2D eigenvalue weighted by Gasteiger charge is 2.05. The molecule has 0 aliphatic heterocycles. The van der Waals surface area contributed by atoms with E-state index in [4.69, 9.17) is 5.73 Å². The van der Waals surface area contributed by atoms with E-state index in [1.807, 2.05) is 6.07 Å². The maximum absolute atomic E-state index is 11.6. The number of hydrogen-bond donors (Lipinski definition) is 2. The smallest absolute Gasteiger partial charge is 0.224 e. The van der Waals surface area contributed by atoms with Crippen molar-refractivity contribution in [2.45, 2.75) is 12.8 Å². The molecule has 0 aromatic carbocycles. The molecule has 3 N–H and O–H groups in total. The van der Waals surface area contributed by atoms with Gasteiger partial charge in [-0.2, -0.15) is 0 Å². The highest BCUT2D eigenvalue weighted by molar-refractivity contribution is 6.00. The molecule has 2 heterocycles. The number of rotatable bonds is 4. The van der Waals surface area contributed by atoms with Crippen LogP contribution in [0, 0.1) is 0 Å². The predicted octanol–water partition coefficient (Wildman–Crippen LogP) is 1.31. The number of nitrogens with zero attached hydrogens (tertiary/aromatic N) is 2. The van der Waals surface area contributed by atoms with E-state index in [9.17, 15) is 4.79 Å². The van der Waals surface area contributed by atoms with Crippen molar-refractivity contribution in [1.82, 2.24) is 9.97 Å². The summed E-state index contributed by atoms with van der Waals surface area (Å²) >= 11 is 0. The summed E-state index contributed by atoms with van der Waals surface area (Å²) in [7, 11) is 0. The molecule has 2 aromatic heterocycles. The Labute approximate surface area is 99.1 Å². The van der Waals surface area contributed by atoms with Crippen LogP contribution in [0.2, 0.25) is 0 Å². The number of aromatic nitrogens is 2. The lowest BCUT2D eigenvalue weighted by Crippen LogP contribution is -2.13. The third kappa shape index (κ3) is 2.76. The van der Waals surface area contributed by atoms with Crippen molar-refractivity contribution in [2.75, 3.05) is 11.9 Å². The van der Waals surface area contributed by atoms with E-state index in [1.54, 1.807) is 24.7 Å². The van der Waals surface area contributed by atoms with E-state index in [0.29, 0.717) is 19.4 Å². The van der Waals surface area contributed by atoms with Gasteiger partial charge in [-0.25, -0.2) is 0 Å². The highest BCUT2D eigenvalue weighted by Crippen LogP contribution is 2.19. The van der Waals surface area contributed by atoms with Gasteiger partial charge in [-0.3, -0.25) is 14.8 Å². The first-order chi connectivity index (χ1) is 8.31. The monoisotopic (exact) mass is 230 g/mol. The van der Waals surface area contributed by atoms with E-state index in [0.717, 1.165) is 16.6 Å². The number of carbonyl (C=O) groups is 1. The lowest BCUT2D eigenvalue weighted by Gasteiger charge is -2.07. The minimum Gasteiger partial charge on any atom is -0.330 e. The van der Waals surface area contributed by atoms with Crippen molar-refractivity contribution < 1.29 is 4.79 Å². The molecule has 0 radical (unpaired) electrons. The second-order valence-corrected chi connectivity index (χ2v) is 3.69. The maximum atomic E-state index is 11.6. The molecule has 88 valence electrons. The predicted molar refractivity (Wildman–Crippen MR) is 66.5 cm³/mol. The quantitative estimate of drug-likeness (QED) is 0.829. The Bertz CT molecular complexity index is 521. The average Bonchev–Trinajstić information content (AvgIpc) is 2.37. The summed E-state index contributed by atoms with van der Waals surface area (Å²) in [5, 5.41) is 3.69. The van der Waals surface area contributed by atoms with Crippen LogP contribution in [0.4, 0.5) is 5.69 Å². The molecular formula is C12H14N4O. The van der Waals surface area contributed by atoms with Crippen molar-refractivity contribution in [3.05, 3.63) is 30.7 Å². The van der Waals surface area contributed by atoms with Crippen molar-refractivity contribution in [3.63, 3.8) is 0 Å². The molecule has 0 aliphatic carbocycles. The van der Waals surface area contributed by atoms with Crippen LogP contribution in [-0.2, 0) is 4.79 Å². The largest absolute Gasteiger partial charge is 0.330 e. The number of nitrogens with one attached hydrogen (secondary N) is 1. The molecule has 0 unspecified atom stereocenters. The Balaban J connectivity index is 2.21. The first kappa shape index (κ1) is 11.5. The van der Waals surface area contributed by atoms with Gasteiger partial charge in [0.1, 0.15) is 0 Å². The topological polar surface area (TPSA) is 80.9 Å². The normalized spacial score (nSPS) is 10.4. The van der Waals surface area contributed by atoms with Crippen LogP contribution in [0.15, 0.2) is 30.7 Å². The molecule has 0 saturated carbocycles. The van der Waals surface area contributed by atoms with Gasteiger partial charge in [0.05, 0.1) is 11.2 Å². The van der Waals surface area contributed by atoms with E-state index in [-0.39, 0.29) is 5.91 Å². The van der Waals surface area contributed by atoms with Gasteiger partial charge in [0.25, 0.3) is 0 Å². The summed E-state index contributed by atoms with van der Waals surface area (Å²) in [4.78, 5) is 19.8. The Kier molecular flexibility index (Phi) is 3.62. The van der Waals surface area contributed by atoms with Gasteiger partial charge in [0, 0.05) is 30.4 Å². The number of anilines is 1. The number of pyridine rings is 2. The molecule has 5 heteroatoms. The fourth-order valence-electron chi connectivity index (χ4n) is 1.57. The third-order valence-corrected chi connectivity index (χ3v) is 2.43. The fraction of sp³-hybridized carbons (Fsp3) is 0.250. The lowest BCUT2D eigenvalue weighted by atomic mass is 10.2. The molecule has 5 nitrogen and oxygen atoms in total. The van der Waals surface area contributed by atoms with E-state index in [2.05, 4.69) is 15.3 Å². The lowest BCUT2D eigenvalue weighted by molar-refractivity contribution is -0.116. The van der Waals surface area contributed by atoms with Crippen LogP contribution in [-0.4, -0.2) is 22.4 Å². The minimum absolute atomic E-state index is 0.0354. The van der Waals surface area contributed by atoms with Gasteiger partial charge in [-0.05, 0) is 25.1 Å². The third-order valence-electron chi connectivity index (χ3n) is 2.43. The molecule has 2 rings (SSSR count). The summed E-state index contributed by atoms with van der Waals surface area (Å²) in [6, 6.07) is 3.58. The number of fused-ring (bicyclic) bond motifs is 1. The van der Waals surface area contributed by atoms with E-state index >= 15 is 0 Å². The second kappa shape index (κ2) is 5.36. The van der Waals surface area contributed by atoms with Crippen LogP contribution in [0.3, 0.4) is 0 Å². The minimum atomic E-state index is -0.0354. The molecular weight excluding hydrogens is 216 g/mol. The zero-order chi connectivity index (χ0) is 12.1. The standard InChI is InChI=1S/C12H14N4O/c13-5-1-2-12(17)16-11-4-7-15-10-3-6-14-8-9(10)11/h3-4,6-8H,1-2,5,13H2,(H,15,16,17). The van der Waals surface area contributed by atoms with Gasteiger partial charge in [-0.15, -0.1) is 0 Å². The Morgan fingerprint density at radius 1 is 1.35 bits per heavy atom. The van der Waals surface area contributed by atoms with Crippen molar-refractivity contribution >= 4 is 22.5 Å². The summed E-state index contributed by atoms with van der Waals surface area (Å²) in [5.41, 5.74) is 6.92. The van der Waals surface area contributed by atoms with Crippen molar-refractivity contribution in [3.8, 4) is 0 Å². The zero-order valence-electron chi connectivity index (χ0n) is 9.39. The van der Waals surface area contributed by atoms with Crippen LogP contribution in [0.1, 0.15) is 12.8 Å².